The quantitative estimate of drug-likeness (QED) is 0.564. The van der Waals surface area contributed by atoms with E-state index in [-0.39, 0.29) is 23.8 Å². The van der Waals surface area contributed by atoms with Gasteiger partial charge in [-0.1, -0.05) is 30.3 Å². The monoisotopic (exact) mass is 393 g/mol. The van der Waals surface area contributed by atoms with Gasteiger partial charge in [-0.3, -0.25) is 14.2 Å². The molecule has 1 unspecified atom stereocenters. The van der Waals surface area contributed by atoms with Crippen LogP contribution in [0.5, 0.6) is 0 Å². The fourth-order valence-corrected chi connectivity index (χ4v) is 3.86. The Kier molecular flexibility index (Phi) is 4.99. The molecule has 2 aromatic heterocycles. The van der Waals surface area contributed by atoms with Crippen LogP contribution in [0.15, 0.2) is 77.0 Å². The number of benzene rings is 2. The molecule has 0 bridgehead atoms. The van der Waals surface area contributed by atoms with Gasteiger partial charge in [0.1, 0.15) is 12.4 Å². The van der Waals surface area contributed by atoms with Crippen LogP contribution in [0.2, 0.25) is 0 Å². The Balaban J connectivity index is 1.63. The summed E-state index contributed by atoms with van der Waals surface area (Å²) < 4.78 is 14.7. The molecule has 0 saturated carbocycles. The first-order valence-corrected chi connectivity index (χ1v) is 9.52. The van der Waals surface area contributed by atoms with Gasteiger partial charge in [0.2, 0.25) is 5.91 Å². The number of thiophene rings is 1. The van der Waals surface area contributed by atoms with Crippen LogP contribution in [-0.2, 0) is 11.3 Å². The van der Waals surface area contributed by atoms with Crippen molar-refractivity contribution >= 4 is 28.3 Å². The molecule has 4 rings (SSSR count). The minimum Gasteiger partial charge on any atom is -0.343 e. The fourth-order valence-electron chi connectivity index (χ4n) is 3.06. The first-order valence-electron chi connectivity index (χ1n) is 8.64. The van der Waals surface area contributed by atoms with Gasteiger partial charge in [0.05, 0.1) is 23.3 Å². The summed E-state index contributed by atoms with van der Waals surface area (Å²) in [5.41, 5.74) is 1.66. The van der Waals surface area contributed by atoms with Crippen LogP contribution in [-0.4, -0.2) is 15.5 Å². The van der Waals surface area contributed by atoms with E-state index in [1.54, 1.807) is 30.3 Å². The number of hydrogen-bond acceptors (Lipinski definition) is 4. The number of nitrogens with one attached hydrogen (secondary N) is 1. The molecule has 7 heteroatoms. The van der Waals surface area contributed by atoms with Crippen LogP contribution in [0.3, 0.4) is 0 Å². The number of halogens is 1. The highest BCUT2D eigenvalue weighted by Crippen LogP contribution is 2.26. The molecule has 0 aliphatic rings. The first kappa shape index (κ1) is 18.1. The number of nitrogens with zero attached hydrogens (tertiary/aromatic N) is 2. The number of carbonyl (C=O) groups is 1. The van der Waals surface area contributed by atoms with E-state index < -0.39 is 6.04 Å². The van der Waals surface area contributed by atoms with E-state index in [0.29, 0.717) is 11.0 Å². The minimum absolute atomic E-state index is 0.134. The van der Waals surface area contributed by atoms with E-state index in [1.165, 1.54) is 34.2 Å². The Labute approximate surface area is 164 Å². The average Bonchev–Trinajstić information content (AvgIpc) is 3.24. The van der Waals surface area contributed by atoms with Gasteiger partial charge in [-0.25, -0.2) is 9.37 Å². The molecule has 4 aromatic rings. The summed E-state index contributed by atoms with van der Waals surface area (Å²) in [5, 5.41) is 4.88. The van der Waals surface area contributed by atoms with Gasteiger partial charge in [0, 0.05) is 4.88 Å². The largest absolute Gasteiger partial charge is 0.343 e. The molecule has 1 atom stereocenters. The minimum atomic E-state index is -0.420. The Bertz CT molecular complexity index is 1170. The van der Waals surface area contributed by atoms with Gasteiger partial charge in [0.15, 0.2) is 0 Å². The average molecular weight is 393 g/mol. The molecule has 0 spiro atoms. The number of carbonyl (C=O) groups excluding carboxylic acids is 1. The highest BCUT2D eigenvalue weighted by Gasteiger charge is 2.19. The zero-order chi connectivity index (χ0) is 19.5. The lowest BCUT2D eigenvalue weighted by Crippen LogP contribution is -2.35. The second-order valence-electron chi connectivity index (χ2n) is 6.24. The lowest BCUT2D eigenvalue weighted by molar-refractivity contribution is -0.122. The summed E-state index contributed by atoms with van der Waals surface area (Å²) in [6, 6.07) is 16.6. The molecule has 28 heavy (non-hydrogen) atoms. The first-order chi connectivity index (χ1) is 13.6. The highest BCUT2D eigenvalue weighted by molar-refractivity contribution is 7.10. The predicted octanol–water partition coefficient (Wildman–Crippen LogP) is 3.50. The van der Waals surface area contributed by atoms with E-state index >= 15 is 0 Å². The molecule has 0 aliphatic heterocycles. The van der Waals surface area contributed by atoms with Crippen LogP contribution in [0.25, 0.3) is 11.0 Å². The van der Waals surface area contributed by atoms with Crippen molar-refractivity contribution in [2.45, 2.75) is 12.6 Å². The predicted molar refractivity (Wildman–Crippen MR) is 107 cm³/mol. The summed E-state index contributed by atoms with van der Waals surface area (Å²) in [6.07, 6.45) is 1.21. The van der Waals surface area contributed by atoms with Crippen molar-refractivity contribution in [1.29, 1.82) is 0 Å². The third-order valence-electron chi connectivity index (χ3n) is 4.39. The van der Waals surface area contributed by atoms with E-state index in [0.717, 1.165) is 10.4 Å². The van der Waals surface area contributed by atoms with Gasteiger partial charge in [0.25, 0.3) is 5.56 Å². The van der Waals surface area contributed by atoms with Crippen LogP contribution < -0.4 is 10.9 Å². The van der Waals surface area contributed by atoms with Gasteiger partial charge in [-0.05, 0) is 41.3 Å². The molecule has 0 radical (unpaired) electrons. The maximum Gasteiger partial charge on any atom is 0.269 e. The van der Waals surface area contributed by atoms with Crippen LogP contribution in [0.4, 0.5) is 4.39 Å². The van der Waals surface area contributed by atoms with E-state index in [2.05, 4.69) is 10.3 Å². The van der Waals surface area contributed by atoms with E-state index in [9.17, 15) is 14.0 Å². The van der Waals surface area contributed by atoms with E-state index in [4.69, 9.17) is 0 Å². The van der Waals surface area contributed by atoms with Crippen molar-refractivity contribution in [1.82, 2.24) is 14.9 Å². The number of amides is 1. The molecule has 2 heterocycles. The Morgan fingerprint density at radius 2 is 1.89 bits per heavy atom. The number of hydrogen-bond donors (Lipinski definition) is 1. The Morgan fingerprint density at radius 1 is 1.11 bits per heavy atom. The van der Waals surface area contributed by atoms with Crippen molar-refractivity contribution in [3.05, 3.63) is 98.9 Å². The number of rotatable bonds is 5. The third-order valence-corrected chi connectivity index (χ3v) is 5.33. The molecule has 0 aliphatic carbocycles. The second kappa shape index (κ2) is 7.74. The standard InChI is InChI=1S/C21H16FN3O2S/c22-15-9-7-14(8-10-15)21(18-6-3-11-28-18)24-19(26)13-25-17-5-2-1-4-16(17)23-12-20(25)27/h1-12,21H,13H2,(H,24,26). The molecule has 5 nitrogen and oxygen atoms in total. The SMILES string of the molecule is O=C(Cn1c(=O)cnc2ccccc21)NC(c1ccc(F)cc1)c1cccs1. The molecular weight excluding hydrogens is 377 g/mol. The Morgan fingerprint density at radius 3 is 2.64 bits per heavy atom. The van der Waals surface area contributed by atoms with Crippen molar-refractivity contribution in [2.24, 2.45) is 0 Å². The zero-order valence-corrected chi connectivity index (χ0v) is 15.5. The number of fused-ring (bicyclic) bond motifs is 1. The molecule has 0 fully saturated rings. The number of para-hydroxylation sites is 2. The lowest BCUT2D eigenvalue weighted by Gasteiger charge is -2.19. The van der Waals surface area contributed by atoms with Crippen molar-refractivity contribution in [2.75, 3.05) is 0 Å². The molecular formula is C21H16FN3O2S. The molecule has 1 amide bonds. The van der Waals surface area contributed by atoms with Gasteiger partial charge in [-0.15, -0.1) is 11.3 Å². The van der Waals surface area contributed by atoms with Crippen molar-refractivity contribution in [3.8, 4) is 0 Å². The zero-order valence-electron chi connectivity index (χ0n) is 14.7. The summed E-state index contributed by atoms with van der Waals surface area (Å²) in [5.74, 6) is -0.656. The van der Waals surface area contributed by atoms with Crippen LogP contribution in [0.1, 0.15) is 16.5 Å². The summed E-state index contributed by atoms with van der Waals surface area (Å²) in [7, 11) is 0. The highest BCUT2D eigenvalue weighted by atomic mass is 32.1. The smallest absolute Gasteiger partial charge is 0.269 e. The summed E-state index contributed by atoms with van der Waals surface area (Å²) in [4.78, 5) is 30.1. The third kappa shape index (κ3) is 3.70. The van der Waals surface area contributed by atoms with Crippen molar-refractivity contribution in [3.63, 3.8) is 0 Å². The van der Waals surface area contributed by atoms with Gasteiger partial charge < -0.3 is 5.32 Å². The Hall–Kier alpha value is -3.32. The number of aromatic nitrogens is 2. The topological polar surface area (TPSA) is 64.0 Å². The fraction of sp³-hybridized carbons (Fsp3) is 0.0952. The summed E-state index contributed by atoms with van der Waals surface area (Å²) in [6.45, 7) is -0.134. The maximum atomic E-state index is 13.3. The summed E-state index contributed by atoms with van der Waals surface area (Å²) >= 11 is 1.50. The van der Waals surface area contributed by atoms with Crippen molar-refractivity contribution < 1.29 is 9.18 Å². The van der Waals surface area contributed by atoms with Gasteiger partial charge in [-0.2, -0.15) is 0 Å². The normalized spacial score (nSPS) is 12.0. The molecule has 140 valence electrons. The lowest BCUT2D eigenvalue weighted by atomic mass is 10.1. The molecule has 1 N–H and O–H groups in total. The van der Waals surface area contributed by atoms with Gasteiger partial charge >= 0.3 is 0 Å². The molecule has 2 aromatic carbocycles. The van der Waals surface area contributed by atoms with E-state index in [1.807, 2.05) is 23.6 Å². The second-order valence-corrected chi connectivity index (χ2v) is 7.22. The maximum absolute atomic E-state index is 13.3. The molecule has 0 saturated heterocycles. The van der Waals surface area contributed by atoms with Crippen LogP contribution in [0, 0.1) is 5.82 Å². The van der Waals surface area contributed by atoms with Crippen LogP contribution >= 0.6 is 11.3 Å².